The van der Waals surface area contributed by atoms with Crippen LogP contribution in [0.4, 0.5) is 0 Å². The van der Waals surface area contributed by atoms with E-state index in [1.165, 1.54) is 19.1 Å². The topological polar surface area (TPSA) is 80.1 Å². The van der Waals surface area contributed by atoms with Gasteiger partial charge in [0.15, 0.2) is 5.65 Å². The molecule has 0 saturated heterocycles. The fourth-order valence-electron chi connectivity index (χ4n) is 4.23. The molecular formula is C20H32N4O2S. The predicted molar refractivity (Wildman–Crippen MR) is 112 cm³/mol. The number of H-pyrrole nitrogens is 1. The van der Waals surface area contributed by atoms with Crippen LogP contribution in [0.25, 0.3) is 16.7 Å². The molecule has 1 aliphatic rings. The molecule has 0 amide bonds. The number of nitrogens with zero attached hydrogens (tertiary/aromatic N) is 3. The molecule has 3 aromatic heterocycles. The van der Waals surface area contributed by atoms with Crippen molar-refractivity contribution in [2.45, 2.75) is 58.8 Å². The molecule has 0 bridgehead atoms. The molecule has 27 heavy (non-hydrogen) atoms. The highest BCUT2D eigenvalue weighted by atomic mass is 32.2. The number of nitrogens with one attached hydrogen (secondary N) is 1. The van der Waals surface area contributed by atoms with Gasteiger partial charge < -0.3 is 4.98 Å². The minimum Gasteiger partial charge on any atom is -0.345 e. The number of rotatable bonds is 5. The van der Waals surface area contributed by atoms with Gasteiger partial charge in [-0.05, 0) is 24.8 Å². The van der Waals surface area contributed by atoms with E-state index in [9.17, 15) is 8.42 Å². The van der Waals surface area contributed by atoms with Crippen LogP contribution in [0.15, 0.2) is 18.5 Å². The van der Waals surface area contributed by atoms with Gasteiger partial charge in [0.05, 0.1) is 28.7 Å². The van der Waals surface area contributed by atoms with Crippen molar-refractivity contribution in [3.05, 3.63) is 30.0 Å². The molecule has 0 spiro atoms. The van der Waals surface area contributed by atoms with Gasteiger partial charge in [-0.25, -0.2) is 18.4 Å². The average molecular weight is 393 g/mol. The van der Waals surface area contributed by atoms with E-state index in [4.69, 9.17) is 4.98 Å². The first kappa shape index (κ1) is 19.9. The summed E-state index contributed by atoms with van der Waals surface area (Å²) in [6.07, 6.45) is 10.2. The summed E-state index contributed by atoms with van der Waals surface area (Å²) in [5.74, 6) is 2.28. The van der Waals surface area contributed by atoms with Crippen LogP contribution in [0, 0.1) is 5.92 Å². The number of hydrogen-bond donors (Lipinski definition) is 1. The van der Waals surface area contributed by atoms with Crippen molar-refractivity contribution >= 4 is 26.5 Å². The Morgan fingerprint density at radius 2 is 2.07 bits per heavy atom. The lowest BCUT2D eigenvalue weighted by Crippen LogP contribution is -2.10. The van der Waals surface area contributed by atoms with E-state index in [0.717, 1.165) is 41.0 Å². The van der Waals surface area contributed by atoms with Crippen molar-refractivity contribution in [1.29, 1.82) is 0 Å². The number of hydrogen-bond acceptors (Lipinski definition) is 4. The molecule has 0 unspecified atom stereocenters. The fourth-order valence-corrected chi connectivity index (χ4v) is 4.79. The second kappa shape index (κ2) is 8.00. The van der Waals surface area contributed by atoms with Crippen LogP contribution in [0.2, 0.25) is 0 Å². The molecule has 0 aromatic carbocycles. The highest BCUT2D eigenvalue weighted by Gasteiger charge is 2.32. The largest absolute Gasteiger partial charge is 0.345 e. The standard InChI is InChI=1S/C18H24N4O2S.C2H6.H2/c1-3-12-5-4-6-13(12)18-21-14(8-10-25(2,23)24)16-11-20-17-15(22(16)18)7-9-19-17;1-2;/h7,9,11-13,19H,3-6,8,10H2,1-2H3;1-2H3;1H/t12-,13+;;/m1../s1. The molecule has 1 N–H and O–H groups in total. The first-order valence-corrected chi connectivity index (χ1v) is 12.0. The molecular weight excluding hydrogens is 360 g/mol. The third-order valence-corrected chi connectivity index (χ3v) is 6.45. The Bertz CT molecular complexity index is 1030. The van der Waals surface area contributed by atoms with Crippen LogP contribution in [0.3, 0.4) is 0 Å². The van der Waals surface area contributed by atoms with Crippen molar-refractivity contribution in [3.63, 3.8) is 0 Å². The summed E-state index contributed by atoms with van der Waals surface area (Å²) in [6.45, 7) is 6.25. The zero-order valence-corrected chi connectivity index (χ0v) is 17.5. The van der Waals surface area contributed by atoms with E-state index >= 15 is 0 Å². The molecule has 3 heterocycles. The fraction of sp³-hybridized carbons (Fsp3) is 0.600. The number of imidazole rings is 1. The Kier molecular flexibility index (Phi) is 5.89. The summed E-state index contributed by atoms with van der Waals surface area (Å²) in [5, 5.41) is 0. The van der Waals surface area contributed by atoms with E-state index in [0.29, 0.717) is 18.3 Å². The molecule has 1 aliphatic carbocycles. The molecule has 0 radical (unpaired) electrons. The van der Waals surface area contributed by atoms with Gasteiger partial charge in [0.2, 0.25) is 0 Å². The lowest BCUT2D eigenvalue weighted by molar-refractivity contribution is 0.452. The van der Waals surface area contributed by atoms with Crippen molar-refractivity contribution in [3.8, 4) is 0 Å². The van der Waals surface area contributed by atoms with Crippen LogP contribution in [-0.4, -0.2) is 39.8 Å². The first-order valence-electron chi connectivity index (χ1n) is 9.99. The zero-order chi connectivity index (χ0) is 19.6. The number of aryl methyl sites for hydroxylation is 1. The number of aromatic nitrogens is 4. The highest BCUT2D eigenvalue weighted by Crippen LogP contribution is 2.41. The van der Waals surface area contributed by atoms with Crippen LogP contribution in [-0.2, 0) is 16.3 Å². The molecule has 0 aliphatic heterocycles. The normalized spacial score (nSPS) is 20.1. The van der Waals surface area contributed by atoms with Gasteiger partial charge in [0.1, 0.15) is 15.7 Å². The lowest BCUT2D eigenvalue weighted by atomic mass is 9.93. The van der Waals surface area contributed by atoms with Crippen molar-refractivity contribution in [2.75, 3.05) is 12.0 Å². The quantitative estimate of drug-likeness (QED) is 0.699. The number of sulfone groups is 1. The number of aromatic amines is 1. The SMILES string of the molecule is CC.CC[C@@H]1CCC[C@@H]1c1nc(CCS(C)(=O)=O)c2cnc3[nH]ccc3n12.[HH]. The maximum absolute atomic E-state index is 11.6. The smallest absolute Gasteiger partial charge is 0.154 e. The van der Waals surface area contributed by atoms with Gasteiger partial charge in [0.25, 0.3) is 0 Å². The van der Waals surface area contributed by atoms with Gasteiger partial charge in [-0.15, -0.1) is 0 Å². The highest BCUT2D eigenvalue weighted by molar-refractivity contribution is 7.90. The molecule has 4 rings (SSSR count). The number of fused-ring (bicyclic) bond motifs is 3. The average Bonchev–Trinajstić information content (AvgIpc) is 3.37. The van der Waals surface area contributed by atoms with Crippen LogP contribution in [0.5, 0.6) is 0 Å². The Morgan fingerprint density at radius 3 is 2.78 bits per heavy atom. The van der Waals surface area contributed by atoms with Crippen molar-refractivity contribution < 1.29 is 9.84 Å². The lowest BCUT2D eigenvalue weighted by Gasteiger charge is -2.17. The van der Waals surface area contributed by atoms with Crippen LogP contribution in [0.1, 0.15) is 65.3 Å². The summed E-state index contributed by atoms with van der Waals surface area (Å²) < 4.78 is 25.4. The van der Waals surface area contributed by atoms with E-state index in [2.05, 4.69) is 21.3 Å². The maximum atomic E-state index is 11.6. The molecule has 150 valence electrons. The Hall–Kier alpha value is -1.89. The van der Waals surface area contributed by atoms with E-state index in [1.807, 2.05) is 32.3 Å². The Balaban J connectivity index is 0.000000906. The van der Waals surface area contributed by atoms with Crippen molar-refractivity contribution in [1.82, 2.24) is 19.4 Å². The van der Waals surface area contributed by atoms with Crippen molar-refractivity contribution in [2.24, 2.45) is 5.92 Å². The molecule has 2 atom stereocenters. The van der Waals surface area contributed by atoms with Gasteiger partial charge >= 0.3 is 0 Å². The third kappa shape index (κ3) is 3.88. The summed E-state index contributed by atoms with van der Waals surface area (Å²) in [5.41, 5.74) is 3.64. The molecule has 7 heteroatoms. The third-order valence-electron chi connectivity index (χ3n) is 5.50. The molecule has 1 fully saturated rings. The maximum Gasteiger partial charge on any atom is 0.154 e. The predicted octanol–water partition coefficient (Wildman–Crippen LogP) is 4.36. The van der Waals surface area contributed by atoms with Gasteiger partial charge in [-0.1, -0.05) is 33.6 Å². The second-order valence-electron chi connectivity index (χ2n) is 7.19. The first-order chi connectivity index (χ1) is 13.0. The molecule has 1 saturated carbocycles. The van der Waals surface area contributed by atoms with Crippen LogP contribution < -0.4 is 0 Å². The summed E-state index contributed by atoms with van der Waals surface area (Å²) in [7, 11) is -3.02. The van der Waals surface area contributed by atoms with Gasteiger partial charge in [-0.2, -0.15) is 0 Å². The van der Waals surface area contributed by atoms with Gasteiger partial charge in [0, 0.05) is 26.2 Å². The van der Waals surface area contributed by atoms with E-state index < -0.39 is 9.84 Å². The molecule has 6 nitrogen and oxygen atoms in total. The Labute approximate surface area is 162 Å². The summed E-state index contributed by atoms with van der Waals surface area (Å²) in [6, 6.07) is 2.02. The zero-order valence-electron chi connectivity index (χ0n) is 16.7. The Morgan fingerprint density at radius 1 is 1.30 bits per heavy atom. The van der Waals surface area contributed by atoms with Crippen LogP contribution >= 0.6 is 0 Å². The molecule has 3 aromatic rings. The van der Waals surface area contributed by atoms with Gasteiger partial charge in [-0.3, -0.25) is 4.40 Å². The van der Waals surface area contributed by atoms with E-state index in [-0.39, 0.29) is 7.18 Å². The minimum atomic E-state index is -3.02. The monoisotopic (exact) mass is 392 g/mol. The minimum absolute atomic E-state index is 0. The van der Waals surface area contributed by atoms with E-state index in [1.54, 1.807) is 0 Å². The second-order valence-corrected chi connectivity index (χ2v) is 9.45. The summed E-state index contributed by atoms with van der Waals surface area (Å²) in [4.78, 5) is 12.6. The summed E-state index contributed by atoms with van der Waals surface area (Å²) >= 11 is 0.